The Hall–Kier alpha value is -0.790. The molecule has 0 radical (unpaired) electrons. The molecule has 1 rings (SSSR count). The van der Waals surface area contributed by atoms with Crippen LogP contribution in [-0.4, -0.2) is 11.1 Å². The maximum atomic E-state index is 10.4. The van der Waals surface area contributed by atoms with Gasteiger partial charge in [0.15, 0.2) is 0 Å². The van der Waals surface area contributed by atoms with Crippen LogP contribution in [0.2, 0.25) is 0 Å². The predicted molar refractivity (Wildman–Crippen MR) is 52.6 cm³/mol. The summed E-state index contributed by atoms with van der Waals surface area (Å²) in [7, 11) is 0. The molecule has 0 heterocycles. The number of hydrogen-bond donors (Lipinski definition) is 1. The molecule has 13 heavy (non-hydrogen) atoms. The Balaban J connectivity index is 2.41. The first kappa shape index (κ1) is 10.3. The number of hydrogen-bond acceptors (Lipinski definition) is 1. The van der Waals surface area contributed by atoms with E-state index < -0.39 is 5.97 Å². The van der Waals surface area contributed by atoms with Crippen molar-refractivity contribution in [3.05, 3.63) is 11.6 Å². The van der Waals surface area contributed by atoms with Crippen molar-refractivity contribution in [2.24, 2.45) is 5.92 Å². The van der Waals surface area contributed by atoms with Gasteiger partial charge >= 0.3 is 5.97 Å². The summed E-state index contributed by atoms with van der Waals surface area (Å²) < 4.78 is 0. The molecule has 1 aliphatic rings. The van der Waals surface area contributed by atoms with Crippen LogP contribution < -0.4 is 0 Å². The molecule has 74 valence electrons. The van der Waals surface area contributed by atoms with Crippen molar-refractivity contribution < 1.29 is 9.90 Å². The molecule has 0 aromatic heterocycles. The van der Waals surface area contributed by atoms with E-state index in [2.05, 4.69) is 13.0 Å². The number of allylic oxidation sites excluding steroid dienone is 2. The molecule has 0 aliphatic heterocycles. The van der Waals surface area contributed by atoms with Gasteiger partial charge in [0.05, 0.1) is 0 Å². The topological polar surface area (TPSA) is 37.3 Å². The molecule has 1 aliphatic carbocycles. The lowest BCUT2D eigenvalue weighted by molar-refractivity contribution is -0.137. The lowest BCUT2D eigenvalue weighted by Crippen LogP contribution is -2.11. The first-order valence-electron chi connectivity index (χ1n) is 5.11. The number of carboxylic acids is 1. The lowest BCUT2D eigenvalue weighted by Gasteiger charge is -2.24. The van der Waals surface area contributed by atoms with Gasteiger partial charge in [-0.25, -0.2) is 0 Å². The fourth-order valence-electron chi connectivity index (χ4n) is 2.12. The van der Waals surface area contributed by atoms with Crippen LogP contribution in [0.3, 0.4) is 0 Å². The largest absolute Gasteiger partial charge is 0.481 e. The summed E-state index contributed by atoms with van der Waals surface area (Å²) >= 11 is 0. The highest BCUT2D eigenvalue weighted by molar-refractivity contribution is 5.66. The molecule has 2 nitrogen and oxygen atoms in total. The zero-order chi connectivity index (χ0) is 9.68. The third-order valence-corrected chi connectivity index (χ3v) is 2.87. The number of carbonyl (C=O) groups is 1. The van der Waals surface area contributed by atoms with Crippen molar-refractivity contribution in [1.82, 2.24) is 0 Å². The van der Waals surface area contributed by atoms with Crippen molar-refractivity contribution in [3.8, 4) is 0 Å². The molecule has 2 heteroatoms. The fraction of sp³-hybridized carbons (Fsp3) is 0.727. The van der Waals surface area contributed by atoms with Gasteiger partial charge in [-0.05, 0) is 38.5 Å². The van der Waals surface area contributed by atoms with Crippen molar-refractivity contribution >= 4 is 5.97 Å². The first-order chi connectivity index (χ1) is 6.24. The second-order valence-electron chi connectivity index (χ2n) is 3.74. The van der Waals surface area contributed by atoms with Crippen molar-refractivity contribution in [2.45, 2.75) is 45.4 Å². The van der Waals surface area contributed by atoms with Gasteiger partial charge in [0.1, 0.15) is 0 Å². The highest BCUT2D eigenvalue weighted by atomic mass is 16.4. The molecule has 1 saturated carbocycles. The van der Waals surface area contributed by atoms with Crippen LogP contribution in [0.5, 0.6) is 0 Å². The quantitative estimate of drug-likeness (QED) is 0.681. The molecular weight excluding hydrogens is 164 g/mol. The SMILES string of the molecule is CC=C1CCCCC1CCC(=O)O. The number of rotatable bonds is 3. The average Bonchev–Trinajstić information content (AvgIpc) is 2.15. The van der Waals surface area contributed by atoms with Gasteiger partial charge in [-0.2, -0.15) is 0 Å². The molecule has 1 fully saturated rings. The Morgan fingerprint density at radius 3 is 3.00 bits per heavy atom. The zero-order valence-electron chi connectivity index (χ0n) is 8.25. The molecule has 0 aromatic carbocycles. The monoisotopic (exact) mass is 182 g/mol. The van der Waals surface area contributed by atoms with E-state index in [0.717, 1.165) is 6.42 Å². The third-order valence-electron chi connectivity index (χ3n) is 2.87. The molecule has 0 spiro atoms. The lowest BCUT2D eigenvalue weighted by atomic mass is 9.81. The van der Waals surface area contributed by atoms with E-state index in [1.165, 1.54) is 31.3 Å². The maximum absolute atomic E-state index is 10.4. The normalized spacial score (nSPS) is 26.2. The maximum Gasteiger partial charge on any atom is 0.303 e. The highest BCUT2D eigenvalue weighted by Gasteiger charge is 2.18. The van der Waals surface area contributed by atoms with Crippen LogP contribution in [0.1, 0.15) is 45.4 Å². The van der Waals surface area contributed by atoms with E-state index in [0.29, 0.717) is 12.3 Å². The summed E-state index contributed by atoms with van der Waals surface area (Å²) in [6.07, 6.45) is 8.24. The highest BCUT2D eigenvalue weighted by Crippen LogP contribution is 2.32. The minimum Gasteiger partial charge on any atom is -0.481 e. The summed E-state index contributed by atoms with van der Waals surface area (Å²) in [6, 6.07) is 0. The smallest absolute Gasteiger partial charge is 0.303 e. The van der Waals surface area contributed by atoms with E-state index in [-0.39, 0.29) is 0 Å². The van der Waals surface area contributed by atoms with E-state index in [4.69, 9.17) is 5.11 Å². The Morgan fingerprint density at radius 2 is 2.38 bits per heavy atom. The van der Waals surface area contributed by atoms with Gasteiger partial charge in [0.25, 0.3) is 0 Å². The minimum atomic E-state index is -0.666. The Kier molecular flexibility index (Phi) is 4.00. The summed E-state index contributed by atoms with van der Waals surface area (Å²) in [5.74, 6) is -0.115. The average molecular weight is 182 g/mol. The third kappa shape index (κ3) is 3.21. The fourth-order valence-corrected chi connectivity index (χ4v) is 2.12. The molecule has 1 unspecified atom stereocenters. The second-order valence-corrected chi connectivity index (χ2v) is 3.74. The zero-order valence-corrected chi connectivity index (χ0v) is 8.25. The van der Waals surface area contributed by atoms with Crippen LogP contribution in [0.25, 0.3) is 0 Å². The van der Waals surface area contributed by atoms with E-state index in [1.807, 2.05) is 0 Å². The Bertz CT molecular complexity index is 206. The predicted octanol–water partition coefficient (Wildman–Crippen LogP) is 2.99. The summed E-state index contributed by atoms with van der Waals surface area (Å²) in [5, 5.41) is 8.58. The van der Waals surface area contributed by atoms with Crippen LogP contribution in [-0.2, 0) is 4.79 Å². The minimum absolute atomic E-state index is 0.321. The Morgan fingerprint density at radius 1 is 1.62 bits per heavy atom. The number of carboxylic acid groups (broad SMARTS) is 1. The standard InChI is InChI=1S/C11H18O2/c1-2-9-5-3-4-6-10(9)7-8-11(12)13/h2,10H,3-8H2,1H3,(H,12,13). The molecule has 0 aromatic rings. The van der Waals surface area contributed by atoms with Gasteiger partial charge < -0.3 is 5.11 Å². The van der Waals surface area contributed by atoms with Gasteiger partial charge in [-0.1, -0.05) is 18.1 Å². The van der Waals surface area contributed by atoms with Gasteiger partial charge in [-0.3, -0.25) is 4.79 Å². The van der Waals surface area contributed by atoms with E-state index >= 15 is 0 Å². The van der Waals surface area contributed by atoms with Crippen LogP contribution in [0, 0.1) is 5.92 Å². The van der Waals surface area contributed by atoms with Crippen molar-refractivity contribution in [3.63, 3.8) is 0 Å². The van der Waals surface area contributed by atoms with Crippen molar-refractivity contribution in [1.29, 1.82) is 0 Å². The number of aliphatic carboxylic acids is 1. The first-order valence-corrected chi connectivity index (χ1v) is 5.11. The van der Waals surface area contributed by atoms with E-state index in [9.17, 15) is 4.79 Å². The van der Waals surface area contributed by atoms with Gasteiger partial charge in [0, 0.05) is 6.42 Å². The van der Waals surface area contributed by atoms with E-state index in [1.54, 1.807) is 0 Å². The molecule has 1 atom stereocenters. The molecule has 1 N–H and O–H groups in total. The summed E-state index contributed by atoms with van der Waals surface area (Å²) in [5.41, 5.74) is 1.48. The van der Waals surface area contributed by atoms with Crippen molar-refractivity contribution in [2.75, 3.05) is 0 Å². The molecule has 0 bridgehead atoms. The molecular formula is C11H18O2. The second kappa shape index (κ2) is 5.05. The molecule has 0 amide bonds. The van der Waals surface area contributed by atoms with Crippen LogP contribution in [0.15, 0.2) is 11.6 Å². The van der Waals surface area contributed by atoms with Gasteiger partial charge in [0.2, 0.25) is 0 Å². The summed E-state index contributed by atoms with van der Waals surface area (Å²) in [6.45, 7) is 2.06. The molecule has 0 saturated heterocycles. The van der Waals surface area contributed by atoms with Crippen LogP contribution >= 0.6 is 0 Å². The summed E-state index contributed by atoms with van der Waals surface area (Å²) in [4.78, 5) is 10.4. The van der Waals surface area contributed by atoms with Gasteiger partial charge in [-0.15, -0.1) is 0 Å². The van der Waals surface area contributed by atoms with Crippen LogP contribution in [0.4, 0.5) is 0 Å². The Labute approximate surface area is 79.6 Å².